The van der Waals surface area contributed by atoms with E-state index in [4.69, 9.17) is 22.1 Å². The fourth-order valence-electron chi connectivity index (χ4n) is 2.62. The van der Waals surface area contributed by atoms with Crippen molar-refractivity contribution in [2.24, 2.45) is 11.1 Å². The summed E-state index contributed by atoms with van der Waals surface area (Å²) >= 11 is 6.20. The molecule has 1 fully saturated rings. The molecule has 0 bridgehead atoms. The summed E-state index contributed by atoms with van der Waals surface area (Å²) in [6.07, 6.45) is 0.903. The van der Waals surface area contributed by atoms with Crippen molar-refractivity contribution >= 4 is 23.4 Å². The average molecular weight is 324 g/mol. The van der Waals surface area contributed by atoms with E-state index >= 15 is 0 Å². The van der Waals surface area contributed by atoms with Crippen molar-refractivity contribution in [3.05, 3.63) is 34.9 Å². The van der Waals surface area contributed by atoms with E-state index < -0.39 is 23.0 Å². The average Bonchev–Trinajstić information content (AvgIpc) is 2.43. The van der Waals surface area contributed by atoms with E-state index in [9.17, 15) is 9.59 Å². The van der Waals surface area contributed by atoms with E-state index in [1.165, 1.54) is 0 Å². The Bertz CT molecular complexity index is 594. The summed E-state index contributed by atoms with van der Waals surface area (Å²) in [7, 11) is 0. The molecule has 5 heteroatoms. The fourth-order valence-corrected chi connectivity index (χ4v) is 2.92. The van der Waals surface area contributed by atoms with E-state index in [0.717, 1.165) is 0 Å². The van der Waals surface area contributed by atoms with Crippen LogP contribution in [0.4, 0.5) is 0 Å². The number of benzene rings is 1. The number of rotatable bonds is 2. The first kappa shape index (κ1) is 17.0. The smallest absolute Gasteiger partial charge is 0.311 e. The molecule has 0 radical (unpaired) electrons. The Morgan fingerprint density at radius 1 is 1.36 bits per heavy atom. The maximum atomic E-state index is 12.8. The molecule has 0 spiro atoms. The first-order chi connectivity index (χ1) is 10.2. The first-order valence-corrected chi connectivity index (χ1v) is 7.83. The second kappa shape index (κ2) is 6.01. The molecule has 4 nitrogen and oxygen atoms in total. The largest absolute Gasteiger partial charge is 0.454 e. The Balaban J connectivity index is 2.27. The third kappa shape index (κ3) is 3.18. The molecular weight excluding hydrogens is 302 g/mol. The minimum Gasteiger partial charge on any atom is -0.454 e. The Kier molecular flexibility index (Phi) is 4.64. The third-order valence-corrected chi connectivity index (χ3v) is 4.32. The summed E-state index contributed by atoms with van der Waals surface area (Å²) in [5.74, 6) is -0.668. The molecule has 120 valence electrons. The van der Waals surface area contributed by atoms with Crippen molar-refractivity contribution in [3.63, 3.8) is 0 Å². The van der Waals surface area contributed by atoms with E-state index in [0.29, 0.717) is 29.8 Å². The van der Waals surface area contributed by atoms with Crippen LogP contribution in [0.2, 0.25) is 5.02 Å². The molecule has 2 N–H and O–H groups in total. The number of ether oxygens (including phenoxy) is 1. The van der Waals surface area contributed by atoms with Crippen LogP contribution < -0.4 is 5.73 Å². The highest BCUT2D eigenvalue weighted by molar-refractivity contribution is 6.31. The van der Waals surface area contributed by atoms with Crippen LogP contribution in [0.1, 0.15) is 45.6 Å². The molecule has 0 aliphatic heterocycles. The fraction of sp³-hybridized carbons (Fsp3) is 0.529. The number of esters is 1. The molecule has 0 amide bonds. The SMILES string of the molecule is CC(C)(C)C(=O)O[C@H]1CCC[C@](N)(c2ccccc2Cl)C1=O. The van der Waals surface area contributed by atoms with Gasteiger partial charge in [0, 0.05) is 5.02 Å². The summed E-state index contributed by atoms with van der Waals surface area (Å²) in [6, 6.07) is 7.06. The van der Waals surface area contributed by atoms with Crippen LogP contribution in [0.15, 0.2) is 24.3 Å². The lowest BCUT2D eigenvalue weighted by atomic mass is 9.75. The summed E-state index contributed by atoms with van der Waals surface area (Å²) in [6.45, 7) is 5.27. The second-order valence-electron chi connectivity index (χ2n) is 6.85. The summed E-state index contributed by atoms with van der Waals surface area (Å²) in [5, 5.41) is 0.459. The predicted octanol–water partition coefficient (Wildman–Crippen LogP) is 3.20. The highest BCUT2D eigenvalue weighted by atomic mass is 35.5. The number of hydrogen-bond donors (Lipinski definition) is 1. The molecular formula is C17H22ClNO3. The Morgan fingerprint density at radius 3 is 2.59 bits per heavy atom. The van der Waals surface area contributed by atoms with Gasteiger partial charge in [-0.05, 0) is 51.7 Å². The zero-order valence-corrected chi connectivity index (χ0v) is 13.9. The van der Waals surface area contributed by atoms with Crippen LogP contribution in [-0.4, -0.2) is 17.9 Å². The van der Waals surface area contributed by atoms with Crippen molar-refractivity contribution in [2.45, 2.75) is 51.7 Å². The molecule has 1 aliphatic carbocycles. The van der Waals surface area contributed by atoms with Crippen molar-refractivity contribution < 1.29 is 14.3 Å². The molecule has 1 aromatic carbocycles. The first-order valence-electron chi connectivity index (χ1n) is 7.45. The van der Waals surface area contributed by atoms with Gasteiger partial charge >= 0.3 is 5.97 Å². The minimum absolute atomic E-state index is 0.274. The van der Waals surface area contributed by atoms with Crippen molar-refractivity contribution in [1.29, 1.82) is 0 Å². The Labute approximate surface area is 136 Å². The van der Waals surface area contributed by atoms with Gasteiger partial charge < -0.3 is 10.5 Å². The highest BCUT2D eigenvalue weighted by Gasteiger charge is 2.46. The lowest BCUT2D eigenvalue weighted by molar-refractivity contribution is -0.166. The van der Waals surface area contributed by atoms with E-state index in [-0.39, 0.29) is 5.78 Å². The molecule has 1 aromatic rings. The molecule has 0 unspecified atom stereocenters. The molecule has 0 saturated heterocycles. The van der Waals surface area contributed by atoms with Crippen LogP contribution in [0.5, 0.6) is 0 Å². The van der Waals surface area contributed by atoms with Gasteiger partial charge in [0.1, 0.15) is 5.54 Å². The van der Waals surface area contributed by atoms with Crippen LogP contribution in [0, 0.1) is 5.41 Å². The highest BCUT2D eigenvalue weighted by Crippen LogP contribution is 2.37. The van der Waals surface area contributed by atoms with Gasteiger partial charge in [0.25, 0.3) is 0 Å². The van der Waals surface area contributed by atoms with E-state index in [2.05, 4.69) is 0 Å². The number of carbonyl (C=O) groups is 2. The van der Waals surface area contributed by atoms with Crippen LogP contribution in [0.25, 0.3) is 0 Å². The number of halogens is 1. The number of ketones is 1. The molecule has 2 atom stereocenters. The predicted molar refractivity (Wildman–Crippen MR) is 85.5 cm³/mol. The van der Waals surface area contributed by atoms with Crippen LogP contribution in [-0.2, 0) is 19.9 Å². The summed E-state index contributed by atoms with van der Waals surface area (Å²) < 4.78 is 5.41. The van der Waals surface area contributed by atoms with Crippen molar-refractivity contribution in [2.75, 3.05) is 0 Å². The number of Topliss-reactive ketones (excluding diaryl/α,β-unsaturated/α-hetero) is 1. The molecule has 1 saturated carbocycles. The van der Waals surface area contributed by atoms with Gasteiger partial charge in [0.15, 0.2) is 11.9 Å². The maximum Gasteiger partial charge on any atom is 0.311 e. The molecule has 0 aromatic heterocycles. The van der Waals surface area contributed by atoms with Gasteiger partial charge in [-0.15, -0.1) is 0 Å². The summed E-state index contributed by atoms with van der Waals surface area (Å²) in [4.78, 5) is 24.9. The zero-order valence-electron chi connectivity index (χ0n) is 13.2. The molecule has 0 heterocycles. The zero-order chi connectivity index (χ0) is 16.5. The van der Waals surface area contributed by atoms with Gasteiger partial charge in [-0.3, -0.25) is 9.59 Å². The Morgan fingerprint density at radius 2 is 2.00 bits per heavy atom. The molecule has 22 heavy (non-hydrogen) atoms. The van der Waals surface area contributed by atoms with Crippen LogP contribution >= 0.6 is 11.6 Å². The topological polar surface area (TPSA) is 69.4 Å². The van der Waals surface area contributed by atoms with E-state index in [1.807, 2.05) is 0 Å². The second-order valence-corrected chi connectivity index (χ2v) is 7.26. The standard InChI is InChI=1S/C17H22ClNO3/c1-16(2,3)15(21)22-13-9-6-10-17(19,14(13)20)11-7-4-5-8-12(11)18/h4-5,7-8,13H,6,9-10,19H2,1-3H3/t13-,17-/m0/s1. The van der Waals surface area contributed by atoms with Gasteiger partial charge in [-0.25, -0.2) is 0 Å². The number of hydrogen-bond acceptors (Lipinski definition) is 4. The van der Waals surface area contributed by atoms with Crippen molar-refractivity contribution in [3.8, 4) is 0 Å². The number of nitrogens with two attached hydrogens (primary N) is 1. The summed E-state index contributed by atoms with van der Waals surface area (Å²) in [5.41, 5.74) is 5.12. The van der Waals surface area contributed by atoms with Gasteiger partial charge in [-0.2, -0.15) is 0 Å². The maximum absolute atomic E-state index is 12.8. The molecule has 1 aliphatic rings. The van der Waals surface area contributed by atoms with Crippen LogP contribution in [0.3, 0.4) is 0 Å². The quantitative estimate of drug-likeness (QED) is 0.848. The van der Waals surface area contributed by atoms with Gasteiger partial charge in [0.05, 0.1) is 5.41 Å². The van der Waals surface area contributed by atoms with Crippen molar-refractivity contribution in [1.82, 2.24) is 0 Å². The number of carbonyl (C=O) groups excluding carboxylic acids is 2. The lowest BCUT2D eigenvalue weighted by Gasteiger charge is -2.37. The minimum atomic E-state index is -1.20. The van der Waals surface area contributed by atoms with Gasteiger partial charge in [0.2, 0.25) is 0 Å². The van der Waals surface area contributed by atoms with E-state index in [1.54, 1.807) is 45.0 Å². The third-order valence-electron chi connectivity index (χ3n) is 3.99. The Hall–Kier alpha value is -1.39. The molecule has 2 rings (SSSR count). The monoisotopic (exact) mass is 323 g/mol. The van der Waals surface area contributed by atoms with Gasteiger partial charge in [-0.1, -0.05) is 29.8 Å². The lowest BCUT2D eigenvalue weighted by Crippen LogP contribution is -2.54. The normalized spacial score (nSPS) is 25.9.